The smallest absolute Gasteiger partial charge is 0.133 e. The Hall–Kier alpha value is -0.650. The molecule has 0 saturated carbocycles. The maximum Gasteiger partial charge on any atom is 0.133 e. The van der Waals surface area contributed by atoms with Crippen LogP contribution in [-0.4, -0.2) is 37.8 Å². The Kier molecular flexibility index (Phi) is 7.34. The first kappa shape index (κ1) is 16.4. The third-order valence-electron chi connectivity index (χ3n) is 2.91. The fourth-order valence-electron chi connectivity index (χ4n) is 1.92. The Bertz CT molecular complexity index is 385. The van der Waals surface area contributed by atoms with E-state index in [4.69, 9.17) is 4.74 Å². The third kappa shape index (κ3) is 5.09. The van der Waals surface area contributed by atoms with Crippen LogP contribution in [0.25, 0.3) is 0 Å². The number of rotatable bonds is 8. The highest BCUT2D eigenvalue weighted by Gasteiger charge is 2.16. The highest BCUT2D eigenvalue weighted by molar-refractivity contribution is 9.10. The van der Waals surface area contributed by atoms with Crippen LogP contribution in [0.5, 0.6) is 0 Å². The molecule has 1 rings (SSSR count). The first-order chi connectivity index (χ1) is 9.10. The van der Waals surface area contributed by atoms with Gasteiger partial charge in [-0.05, 0) is 42.4 Å². The Labute approximate surface area is 124 Å². The number of methoxy groups -OCH3 is 1. The van der Waals surface area contributed by atoms with Gasteiger partial charge in [-0.25, -0.2) is 4.98 Å². The monoisotopic (exact) mass is 329 g/mol. The molecule has 1 aromatic rings. The minimum atomic E-state index is 0.393. The van der Waals surface area contributed by atoms with E-state index in [-0.39, 0.29) is 0 Å². The molecule has 0 aliphatic rings. The average Bonchev–Trinajstić information content (AvgIpc) is 2.38. The van der Waals surface area contributed by atoms with Gasteiger partial charge in [0, 0.05) is 42.5 Å². The number of pyridine rings is 1. The number of nitrogens with one attached hydrogen (secondary N) is 1. The first-order valence-corrected chi connectivity index (χ1v) is 7.50. The summed E-state index contributed by atoms with van der Waals surface area (Å²) in [5.41, 5.74) is 1.21. The molecular formula is C14H24BrN3O. The van der Waals surface area contributed by atoms with Crippen molar-refractivity contribution in [1.82, 2.24) is 10.3 Å². The van der Waals surface area contributed by atoms with Crippen LogP contribution in [-0.2, 0) is 11.3 Å². The Morgan fingerprint density at radius 1 is 1.47 bits per heavy atom. The standard InChI is InChI=1S/C14H24BrN3O/c1-5-16-9-12-8-13(15)10-17-14(12)18(11(2)3)6-7-19-4/h8,10-11,16H,5-7,9H2,1-4H3. The van der Waals surface area contributed by atoms with Gasteiger partial charge >= 0.3 is 0 Å². The Balaban J connectivity index is 2.99. The maximum absolute atomic E-state index is 5.19. The van der Waals surface area contributed by atoms with Gasteiger partial charge in [-0.1, -0.05) is 6.92 Å². The number of nitrogens with zero attached hydrogens (tertiary/aromatic N) is 2. The highest BCUT2D eigenvalue weighted by atomic mass is 79.9. The van der Waals surface area contributed by atoms with E-state index in [9.17, 15) is 0 Å². The molecular weight excluding hydrogens is 306 g/mol. The lowest BCUT2D eigenvalue weighted by Gasteiger charge is -2.29. The summed E-state index contributed by atoms with van der Waals surface area (Å²) in [6.45, 7) is 9.79. The van der Waals surface area contributed by atoms with Gasteiger partial charge in [-0.2, -0.15) is 0 Å². The molecule has 0 aliphatic heterocycles. The summed E-state index contributed by atoms with van der Waals surface area (Å²) in [5.74, 6) is 1.04. The molecule has 0 saturated heterocycles. The molecule has 0 bridgehead atoms. The second kappa shape index (κ2) is 8.51. The fourth-order valence-corrected chi connectivity index (χ4v) is 2.30. The number of aromatic nitrogens is 1. The van der Waals surface area contributed by atoms with Crippen molar-refractivity contribution in [3.8, 4) is 0 Å². The minimum Gasteiger partial charge on any atom is -0.383 e. The van der Waals surface area contributed by atoms with Crippen LogP contribution < -0.4 is 10.2 Å². The molecule has 0 spiro atoms. The van der Waals surface area contributed by atoms with Gasteiger partial charge in [-0.15, -0.1) is 0 Å². The zero-order valence-electron chi connectivity index (χ0n) is 12.2. The zero-order chi connectivity index (χ0) is 14.3. The van der Waals surface area contributed by atoms with Crippen LogP contribution >= 0.6 is 15.9 Å². The molecule has 0 radical (unpaired) electrons. The fraction of sp³-hybridized carbons (Fsp3) is 0.643. The number of hydrogen-bond acceptors (Lipinski definition) is 4. The summed E-state index contributed by atoms with van der Waals surface area (Å²) in [5, 5.41) is 3.36. The van der Waals surface area contributed by atoms with Crippen LogP contribution in [0.15, 0.2) is 16.7 Å². The molecule has 1 heterocycles. The van der Waals surface area contributed by atoms with Gasteiger partial charge < -0.3 is 15.0 Å². The summed E-state index contributed by atoms with van der Waals surface area (Å²) in [6.07, 6.45) is 1.85. The van der Waals surface area contributed by atoms with E-state index in [1.165, 1.54) is 5.56 Å². The van der Waals surface area contributed by atoms with Crippen molar-refractivity contribution >= 4 is 21.7 Å². The van der Waals surface area contributed by atoms with Crippen molar-refractivity contribution in [3.63, 3.8) is 0 Å². The molecule has 19 heavy (non-hydrogen) atoms. The van der Waals surface area contributed by atoms with E-state index >= 15 is 0 Å². The number of halogens is 1. The molecule has 0 atom stereocenters. The summed E-state index contributed by atoms with van der Waals surface area (Å²) in [6, 6.07) is 2.52. The Morgan fingerprint density at radius 2 is 2.21 bits per heavy atom. The molecule has 108 valence electrons. The van der Waals surface area contributed by atoms with Gasteiger partial charge in [0.25, 0.3) is 0 Å². The normalized spacial score (nSPS) is 11.1. The first-order valence-electron chi connectivity index (χ1n) is 6.70. The summed E-state index contributed by atoms with van der Waals surface area (Å²) < 4.78 is 6.21. The van der Waals surface area contributed by atoms with Crippen LogP contribution in [0.1, 0.15) is 26.3 Å². The molecule has 0 unspecified atom stereocenters. The summed E-state index contributed by atoms with van der Waals surface area (Å²) >= 11 is 3.49. The zero-order valence-corrected chi connectivity index (χ0v) is 13.8. The Morgan fingerprint density at radius 3 is 2.79 bits per heavy atom. The van der Waals surface area contributed by atoms with Gasteiger partial charge in [0.1, 0.15) is 5.82 Å². The van der Waals surface area contributed by atoms with Crippen molar-refractivity contribution in [1.29, 1.82) is 0 Å². The van der Waals surface area contributed by atoms with Crippen LogP contribution in [0.3, 0.4) is 0 Å². The quantitative estimate of drug-likeness (QED) is 0.795. The van der Waals surface area contributed by atoms with E-state index in [1.54, 1.807) is 7.11 Å². The molecule has 1 aromatic heterocycles. The average molecular weight is 330 g/mol. The van der Waals surface area contributed by atoms with Crippen molar-refractivity contribution in [2.45, 2.75) is 33.4 Å². The van der Waals surface area contributed by atoms with Gasteiger partial charge in [0.05, 0.1) is 6.61 Å². The van der Waals surface area contributed by atoms with Gasteiger partial charge in [0.15, 0.2) is 0 Å². The maximum atomic E-state index is 5.19. The van der Waals surface area contributed by atoms with Gasteiger partial charge in [0.2, 0.25) is 0 Å². The molecule has 1 N–H and O–H groups in total. The second-order valence-corrected chi connectivity index (χ2v) is 5.61. The lowest BCUT2D eigenvalue weighted by Crippen LogP contribution is -2.35. The molecule has 0 aromatic carbocycles. The number of hydrogen-bond donors (Lipinski definition) is 1. The number of ether oxygens (including phenoxy) is 1. The van der Waals surface area contributed by atoms with Crippen LogP contribution in [0.4, 0.5) is 5.82 Å². The molecule has 0 amide bonds. The lowest BCUT2D eigenvalue weighted by atomic mass is 10.2. The third-order valence-corrected chi connectivity index (χ3v) is 3.34. The molecule has 0 aliphatic carbocycles. The highest BCUT2D eigenvalue weighted by Crippen LogP contribution is 2.23. The summed E-state index contributed by atoms with van der Waals surface area (Å²) in [7, 11) is 1.73. The van der Waals surface area contributed by atoms with Crippen LogP contribution in [0.2, 0.25) is 0 Å². The minimum absolute atomic E-state index is 0.393. The second-order valence-electron chi connectivity index (χ2n) is 4.70. The summed E-state index contributed by atoms with van der Waals surface area (Å²) in [4.78, 5) is 6.87. The molecule has 5 heteroatoms. The predicted octanol–water partition coefficient (Wildman–Crippen LogP) is 2.81. The SMILES string of the molecule is CCNCc1cc(Br)cnc1N(CCOC)C(C)C. The van der Waals surface area contributed by atoms with E-state index in [0.717, 1.165) is 29.9 Å². The van der Waals surface area contributed by atoms with Crippen molar-refractivity contribution in [2.24, 2.45) is 0 Å². The van der Waals surface area contributed by atoms with E-state index in [2.05, 4.69) is 58.0 Å². The van der Waals surface area contributed by atoms with E-state index in [0.29, 0.717) is 12.6 Å². The van der Waals surface area contributed by atoms with E-state index < -0.39 is 0 Å². The molecule has 4 nitrogen and oxygen atoms in total. The van der Waals surface area contributed by atoms with Crippen molar-refractivity contribution < 1.29 is 4.74 Å². The topological polar surface area (TPSA) is 37.4 Å². The van der Waals surface area contributed by atoms with Gasteiger partial charge in [-0.3, -0.25) is 0 Å². The van der Waals surface area contributed by atoms with E-state index in [1.807, 2.05) is 6.20 Å². The number of anilines is 1. The largest absolute Gasteiger partial charge is 0.383 e. The predicted molar refractivity (Wildman–Crippen MR) is 83.7 cm³/mol. The lowest BCUT2D eigenvalue weighted by molar-refractivity contribution is 0.203. The van der Waals surface area contributed by atoms with Crippen molar-refractivity contribution in [2.75, 3.05) is 31.7 Å². The van der Waals surface area contributed by atoms with Crippen LogP contribution in [0, 0.1) is 0 Å². The van der Waals surface area contributed by atoms with Crippen molar-refractivity contribution in [3.05, 3.63) is 22.3 Å². The molecule has 0 fully saturated rings.